The Kier molecular flexibility index (Phi) is 6.51. The van der Waals surface area contributed by atoms with Crippen LogP contribution in [0.25, 0.3) is 11.1 Å². The molecule has 2 aromatic carbocycles. The van der Waals surface area contributed by atoms with Gasteiger partial charge in [0, 0.05) is 37.1 Å². The van der Waals surface area contributed by atoms with Crippen molar-refractivity contribution < 1.29 is 14.6 Å². The van der Waals surface area contributed by atoms with Crippen molar-refractivity contribution in [2.24, 2.45) is 0 Å². The van der Waals surface area contributed by atoms with E-state index in [1.807, 2.05) is 84.7 Å². The normalized spacial score (nSPS) is 10.7. The lowest BCUT2D eigenvalue weighted by Crippen LogP contribution is -2.24. The molecule has 162 valence electrons. The number of hydrogen-bond donors (Lipinski definition) is 2. The number of benzene rings is 2. The van der Waals surface area contributed by atoms with Gasteiger partial charge in [-0.05, 0) is 35.4 Å². The molecule has 6 heteroatoms. The number of carboxylic acid groups (broad SMARTS) is 1. The first-order valence-electron chi connectivity index (χ1n) is 10.4. The van der Waals surface area contributed by atoms with Crippen LogP contribution >= 0.6 is 0 Å². The Labute approximate surface area is 187 Å². The second kappa shape index (κ2) is 9.83. The molecule has 2 N–H and O–H groups in total. The predicted octanol–water partition coefficient (Wildman–Crippen LogP) is 4.88. The molecule has 0 atom stereocenters. The maximum absolute atomic E-state index is 11.9. The Morgan fingerprint density at radius 1 is 1.03 bits per heavy atom. The minimum Gasteiger partial charge on any atom is -0.492 e. The summed E-state index contributed by atoms with van der Waals surface area (Å²) in [5.41, 5.74) is 3.58. The van der Waals surface area contributed by atoms with E-state index in [2.05, 4.69) is 9.97 Å². The van der Waals surface area contributed by atoms with Crippen molar-refractivity contribution in [1.29, 1.82) is 0 Å². The van der Waals surface area contributed by atoms with Crippen LogP contribution in [0.2, 0.25) is 0 Å². The van der Waals surface area contributed by atoms with E-state index in [4.69, 9.17) is 4.74 Å². The highest BCUT2D eigenvalue weighted by atomic mass is 16.5. The molecule has 2 heterocycles. The van der Waals surface area contributed by atoms with Gasteiger partial charge in [-0.1, -0.05) is 48.5 Å². The molecule has 2 aromatic heterocycles. The average Bonchev–Trinajstić information content (AvgIpc) is 3.25. The SMILES string of the molecule is CN(CCOc1ccc(Cc2[nH]cc(-c3ccccc3)c2C(=O)O)cc1)c1ccccn1. The van der Waals surface area contributed by atoms with Crippen LogP contribution in [-0.2, 0) is 6.42 Å². The van der Waals surface area contributed by atoms with E-state index in [9.17, 15) is 9.90 Å². The number of likely N-dealkylation sites (N-methyl/N-ethyl adjacent to an activating group) is 1. The number of pyridine rings is 1. The highest BCUT2D eigenvalue weighted by Gasteiger charge is 2.19. The molecule has 6 nitrogen and oxygen atoms in total. The highest BCUT2D eigenvalue weighted by Crippen LogP contribution is 2.28. The number of aromatic amines is 1. The minimum atomic E-state index is -0.933. The Balaban J connectivity index is 1.39. The molecule has 32 heavy (non-hydrogen) atoms. The third-order valence-electron chi connectivity index (χ3n) is 5.30. The van der Waals surface area contributed by atoms with Gasteiger partial charge in [0.05, 0.1) is 12.1 Å². The van der Waals surface area contributed by atoms with Gasteiger partial charge < -0.3 is 19.7 Å². The lowest BCUT2D eigenvalue weighted by Gasteiger charge is -2.18. The van der Waals surface area contributed by atoms with E-state index >= 15 is 0 Å². The molecule has 0 unspecified atom stereocenters. The van der Waals surface area contributed by atoms with Crippen LogP contribution in [0.4, 0.5) is 5.82 Å². The fraction of sp³-hybridized carbons (Fsp3) is 0.154. The number of nitrogens with zero attached hydrogens (tertiary/aromatic N) is 2. The lowest BCUT2D eigenvalue weighted by atomic mass is 10.00. The molecule has 0 aliphatic heterocycles. The van der Waals surface area contributed by atoms with Crippen LogP contribution in [0.5, 0.6) is 5.75 Å². The molecule has 0 aliphatic carbocycles. The molecule has 0 bridgehead atoms. The topological polar surface area (TPSA) is 78.5 Å². The number of aromatic nitrogens is 2. The number of carboxylic acids is 1. The Morgan fingerprint density at radius 2 is 1.78 bits per heavy atom. The number of rotatable bonds is 9. The first-order chi connectivity index (χ1) is 15.6. The van der Waals surface area contributed by atoms with E-state index in [0.29, 0.717) is 36.4 Å². The Bertz CT molecular complexity index is 1160. The molecule has 0 aliphatic rings. The zero-order chi connectivity index (χ0) is 22.3. The molecular weight excluding hydrogens is 402 g/mol. The lowest BCUT2D eigenvalue weighted by molar-refractivity contribution is 0.0697. The predicted molar refractivity (Wildman–Crippen MR) is 125 cm³/mol. The summed E-state index contributed by atoms with van der Waals surface area (Å²) in [7, 11) is 1.98. The van der Waals surface area contributed by atoms with Gasteiger partial charge in [-0.2, -0.15) is 0 Å². The highest BCUT2D eigenvalue weighted by molar-refractivity contribution is 5.97. The summed E-state index contributed by atoms with van der Waals surface area (Å²) in [5, 5.41) is 9.79. The average molecular weight is 428 g/mol. The fourth-order valence-corrected chi connectivity index (χ4v) is 3.60. The standard InChI is InChI=1S/C26H25N3O3/c1-29(24-9-5-6-14-27-24)15-16-32-21-12-10-19(11-13-21)17-23-25(26(30)31)22(18-28-23)20-7-3-2-4-8-20/h2-14,18,28H,15-17H2,1H3,(H,30,31). The zero-order valence-corrected chi connectivity index (χ0v) is 17.9. The second-order valence-corrected chi connectivity index (χ2v) is 7.51. The summed E-state index contributed by atoms with van der Waals surface area (Å²) in [5.74, 6) is 0.747. The van der Waals surface area contributed by atoms with Crippen molar-refractivity contribution in [3.8, 4) is 16.9 Å². The van der Waals surface area contributed by atoms with Crippen LogP contribution in [0, 0.1) is 0 Å². The van der Waals surface area contributed by atoms with Crippen LogP contribution in [-0.4, -0.2) is 41.2 Å². The summed E-state index contributed by atoms with van der Waals surface area (Å²) in [4.78, 5) is 21.5. The van der Waals surface area contributed by atoms with E-state index in [-0.39, 0.29) is 0 Å². The summed E-state index contributed by atoms with van der Waals surface area (Å²) in [6.07, 6.45) is 4.04. The molecule has 4 rings (SSSR count). The first kappa shape index (κ1) is 21.2. The molecule has 0 radical (unpaired) electrons. The van der Waals surface area contributed by atoms with Crippen molar-refractivity contribution in [1.82, 2.24) is 9.97 Å². The molecule has 0 spiro atoms. The van der Waals surface area contributed by atoms with Gasteiger partial charge in [0.1, 0.15) is 18.2 Å². The molecule has 0 saturated heterocycles. The van der Waals surface area contributed by atoms with Gasteiger partial charge in [-0.15, -0.1) is 0 Å². The summed E-state index contributed by atoms with van der Waals surface area (Å²) in [6.45, 7) is 1.25. The summed E-state index contributed by atoms with van der Waals surface area (Å²) in [6, 6.07) is 23.1. The van der Waals surface area contributed by atoms with Crippen molar-refractivity contribution >= 4 is 11.8 Å². The summed E-state index contributed by atoms with van der Waals surface area (Å²) < 4.78 is 5.86. The number of anilines is 1. The number of H-pyrrole nitrogens is 1. The van der Waals surface area contributed by atoms with E-state index in [0.717, 1.165) is 22.7 Å². The maximum atomic E-state index is 11.9. The zero-order valence-electron chi connectivity index (χ0n) is 17.9. The monoisotopic (exact) mass is 427 g/mol. The smallest absolute Gasteiger partial charge is 0.338 e. The van der Waals surface area contributed by atoms with Crippen LogP contribution in [0.15, 0.2) is 85.2 Å². The minimum absolute atomic E-state index is 0.314. The first-order valence-corrected chi connectivity index (χ1v) is 10.4. The molecular formula is C26H25N3O3. The molecule has 0 amide bonds. The van der Waals surface area contributed by atoms with Crippen molar-refractivity contribution in [3.05, 3.63) is 102 Å². The molecule has 0 fully saturated rings. The third kappa shape index (κ3) is 4.98. The van der Waals surface area contributed by atoms with Crippen molar-refractivity contribution in [3.63, 3.8) is 0 Å². The quantitative estimate of drug-likeness (QED) is 0.398. The van der Waals surface area contributed by atoms with Crippen LogP contribution < -0.4 is 9.64 Å². The number of hydrogen-bond acceptors (Lipinski definition) is 4. The van der Waals surface area contributed by atoms with Crippen molar-refractivity contribution in [2.45, 2.75) is 6.42 Å². The second-order valence-electron chi connectivity index (χ2n) is 7.51. The van der Waals surface area contributed by atoms with E-state index in [1.165, 1.54) is 0 Å². The number of aromatic carboxylic acids is 1. The number of nitrogens with one attached hydrogen (secondary N) is 1. The van der Waals surface area contributed by atoms with Gasteiger partial charge in [0.25, 0.3) is 0 Å². The number of ether oxygens (including phenoxy) is 1. The van der Waals surface area contributed by atoms with Gasteiger partial charge in [-0.25, -0.2) is 9.78 Å². The van der Waals surface area contributed by atoms with E-state index in [1.54, 1.807) is 12.4 Å². The van der Waals surface area contributed by atoms with Gasteiger partial charge in [-0.3, -0.25) is 0 Å². The van der Waals surface area contributed by atoms with Gasteiger partial charge in [0.15, 0.2) is 0 Å². The Hall–Kier alpha value is -4.06. The third-order valence-corrected chi connectivity index (χ3v) is 5.30. The fourth-order valence-electron chi connectivity index (χ4n) is 3.60. The van der Waals surface area contributed by atoms with E-state index < -0.39 is 5.97 Å². The Morgan fingerprint density at radius 3 is 2.47 bits per heavy atom. The number of carbonyl (C=O) groups is 1. The molecule has 4 aromatic rings. The van der Waals surface area contributed by atoms with Gasteiger partial charge in [0.2, 0.25) is 0 Å². The van der Waals surface area contributed by atoms with Crippen LogP contribution in [0.3, 0.4) is 0 Å². The molecule has 0 saturated carbocycles. The largest absolute Gasteiger partial charge is 0.492 e. The summed E-state index contributed by atoms with van der Waals surface area (Å²) >= 11 is 0. The maximum Gasteiger partial charge on any atom is 0.338 e. The van der Waals surface area contributed by atoms with Crippen LogP contribution in [0.1, 0.15) is 21.6 Å². The van der Waals surface area contributed by atoms with Crippen molar-refractivity contribution in [2.75, 3.05) is 25.1 Å². The van der Waals surface area contributed by atoms with Gasteiger partial charge >= 0.3 is 5.97 Å².